The van der Waals surface area contributed by atoms with E-state index in [-0.39, 0.29) is 0 Å². The monoisotopic (exact) mass is 382 g/mol. The molecule has 1 aromatic heterocycles. The van der Waals surface area contributed by atoms with Crippen LogP contribution in [0.1, 0.15) is 5.76 Å². The van der Waals surface area contributed by atoms with Crippen LogP contribution in [0.2, 0.25) is 0 Å². The normalized spacial score (nSPS) is 15.9. The molecule has 1 aromatic carbocycles. The molecule has 0 saturated carbocycles. The maximum Gasteiger partial charge on any atom is 0.196 e. The summed E-state index contributed by atoms with van der Waals surface area (Å²) in [7, 11) is 0. The zero-order valence-electron chi connectivity index (χ0n) is 11.0. The Bertz CT molecular complexity index is 586. The van der Waals surface area contributed by atoms with Crippen LogP contribution in [0, 0.1) is 3.57 Å². The van der Waals surface area contributed by atoms with Gasteiger partial charge in [0.25, 0.3) is 0 Å². The Morgan fingerprint density at radius 1 is 1.05 bits per heavy atom. The van der Waals surface area contributed by atoms with Crippen LogP contribution in [0.5, 0.6) is 0 Å². The molecule has 5 heteroatoms. The second-order valence-electron chi connectivity index (χ2n) is 4.51. The van der Waals surface area contributed by atoms with E-state index >= 15 is 0 Å². The Kier molecular flexibility index (Phi) is 4.37. The van der Waals surface area contributed by atoms with Crippen LogP contribution in [-0.2, 0) is 4.74 Å². The molecule has 3 rings (SSSR count). The van der Waals surface area contributed by atoms with E-state index in [1.54, 1.807) is 6.21 Å². The van der Waals surface area contributed by atoms with Gasteiger partial charge in [0.1, 0.15) is 5.76 Å². The predicted octanol–water partition coefficient (Wildman–Crippen LogP) is 3.47. The third-order valence-electron chi connectivity index (χ3n) is 3.10. The molecule has 2 heterocycles. The van der Waals surface area contributed by atoms with Crippen molar-refractivity contribution in [2.75, 3.05) is 31.2 Å². The molecule has 0 N–H and O–H groups in total. The summed E-state index contributed by atoms with van der Waals surface area (Å²) in [4.78, 5) is 6.60. The Hall–Kier alpha value is -1.34. The molecule has 0 aliphatic carbocycles. The quantitative estimate of drug-likeness (QED) is 0.603. The number of hydrogen-bond acceptors (Lipinski definition) is 4. The van der Waals surface area contributed by atoms with E-state index in [0.717, 1.165) is 43.6 Å². The van der Waals surface area contributed by atoms with Crippen molar-refractivity contribution in [3.63, 3.8) is 0 Å². The fraction of sp³-hybridized carbons (Fsp3) is 0.267. The lowest BCUT2D eigenvalue weighted by Crippen LogP contribution is -2.35. The molecule has 0 radical (unpaired) electrons. The Labute approximate surface area is 131 Å². The van der Waals surface area contributed by atoms with Gasteiger partial charge in [-0.25, -0.2) is 0 Å². The summed E-state index contributed by atoms with van der Waals surface area (Å²) in [6.07, 6.45) is 1.76. The number of rotatable bonds is 3. The summed E-state index contributed by atoms with van der Waals surface area (Å²) in [5, 5.41) is 0. The van der Waals surface area contributed by atoms with Crippen molar-refractivity contribution in [2.45, 2.75) is 0 Å². The standard InChI is InChI=1S/C15H15IN2O2/c16-12-1-3-13(4-2-12)17-11-14-5-6-15(20-14)18-7-9-19-10-8-18/h1-6,11H,7-10H2. The third kappa shape index (κ3) is 3.40. The molecule has 2 aromatic rings. The molecule has 0 amide bonds. The molecule has 1 saturated heterocycles. The molecule has 1 aliphatic heterocycles. The zero-order chi connectivity index (χ0) is 13.8. The van der Waals surface area contributed by atoms with Crippen LogP contribution in [0.15, 0.2) is 45.8 Å². The summed E-state index contributed by atoms with van der Waals surface area (Å²) < 4.78 is 12.3. The van der Waals surface area contributed by atoms with Crippen LogP contribution in [0.3, 0.4) is 0 Å². The maximum absolute atomic E-state index is 5.79. The van der Waals surface area contributed by atoms with Crippen molar-refractivity contribution in [3.8, 4) is 0 Å². The molecule has 20 heavy (non-hydrogen) atoms. The second kappa shape index (κ2) is 6.41. The summed E-state index contributed by atoms with van der Waals surface area (Å²) >= 11 is 2.28. The minimum Gasteiger partial charge on any atom is -0.440 e. The van der Waals surface area contributed by atoms with Gasteiger partial charge in [-0.2, -0.15) is 0 Å². The molecular formula is C15H15IN2O2. The van der Waals surface area contributed by atoms with E-state index in [0.29, 0.717) is 0 Å². The summed E-state index contributed by atoms with van der Waals surface area (Å²) in [6.45, 7) is 3.27. The Balaban J connectivity index is 1.68. The minimum absolute atomic E-state index is 0.757. The van der Waals surface area contributed by atoms with Gasteiger partial charge in [-0.3, -0.25) is 4.99 Å². The molecule has 0 spiro atoms. The summed E-state index contributed by atoms with van der Waals surface area (Å²) in [5.74, 6) is 1.66. The van der Waals surface area contributed by atoms with E-state index in [2.05, 4.69) is 32.5 Å². The van der Waals surface area contributed by atoms with E-state index in [4.69, 9.17) is 9.15 Å². The maximum atomic E-state index is 5.79. The average molecular weight is 382 g/mol. The summed E-state index contributed by atoms with van der Waals surface area (Å²) in [6, 6.07) is 12.0. The van der Waals surface area contributed by atoms with Crippen LogP contribution in [0.4, 0.5) is 11.6 Å². The van der Waals surface area contributed by atoms with Gasteiger partial charge in [0.2, 0.25) is 0 Å². The van der Waals surface area contributed by atoms with Gasteiger partial charge >= 0.3 is 0 Å². The van der Waals surface area contributed by atoms with Gasteiger partial charge in [0.05, 0.1) is 25.1 Å². The molecule has 4 nitrogen and oxygen atoms in total. The number of morpholine rings is 1. The number of halogens is 1. The highest BCUT2D eigenvalue weighted by molar-refractivity contribution is 14.1. The number of benzene rings is 1. The Morgan fingerprint density at radius 3 is 2.55 bits per heavy atom. The molecule has 104 valence electrons. The van der Waals surface area contributed by atoms with Crippen molar-refractivity contribution in [1.82, 2.24) is 0 Å². The lowest BCUT2D eigenvalue weighted by atomic mass is 10.3. The van der Waals surface area contributed by atoms with Gasteiger partial charge in [-0.05, 0) is 52.9 Å². The summed E-state index contributed by atoms with van der Waals surface area (Å²) in [5.41, 5.74) is 0.926. The van der Waals surface area contributed by atoms with Crippen LogP contribution < -0.4 is 4.90 Å². The SMILES string of the molecule is Ic1ccc(N=Cc2ccc(N3CCOCC3)o2)cc1. The highest BCUT2D eigenvalue weighted by Gasteiger charge is 2.13. The average Bonchev–Trinajstić information content (AvgIpc) is 2.97. The molecule has 0 atom stereocenters. The first-order chi connectivity index (χ1) is 9.81. The lowest BCUT2D eigenvalue weighted by Gasteiger charge is -2.26. The van der Waals surface area contributed by atoms with Crippen molar-refractivity contribution >= 4 is 40.4 Å². The van der Waals surface area contributed by atoms with Crippen molar-refractivity contribution in [2.24, 2.45) is 4.99 Å². The van der Waals surface area contributed by atoms with Crippen molar-refractivity contribution in [3.05, 3.63) is 45.7 Å². The number of nitrogens with zero attached hydrogens (tertiary/aromatic N) is 2. The van der Waals surface area contributed by atoms with Gasteiger partial charge < -0.3 is 14.1 Å². The van der Waals surface area contributed by atoms with Gasteiger partial charge in [0, 0.05) is 22.7 Å². The highest BCUT2D eigenvalue weighted by atomic mass is 127. The van der Waals surface area contributed by atoms with Crippen LogP contribution in [-0.4, -0.2) is 32.5 Å². The largest absolute Gasteiger partial charge is 0.440 e. The van der Waals surface area contributed by atoms with Crippen molar-refractivity contribution in [1.29, 1.82) is 0 Å². The second-order valence-corrected chi connectivity index (χ2v) is 5.76. The molecule has 0 unspecified atom stereocenters. The smallest absolute Gasteiger partial charge is 0.196 e. The molecule has 1 aliphatic rings. The lowest BCUT2D eigenvalue weighted by molar-refractivity contribution is 0.120. The van der Waals surface area contributed by atoms with E-state index in [1.807, 2.05) is 36.4 Å². The number of aliphatic imine (C=N–C) groups is 1. The number of hydrogen-bond donors (Lipinski definition) is 0. The highest BCUT2D eigenvalue weighted by Crippen LogP contribution is 2.20. The van der Waals surface area contributed by atoms with Gasteiger partial charge in [-0.1, -0.05) is 0 Å². The number of anilines is 1. The first kappa shape index (κ1) is 13.6. The van der Waals surface area contributed by atoms with E-state index in [9.17, 15) is 0 Å². The Morgan fingerprint density at radius 2 is 1.80 bits per heavy atom. The van der Waals surface area contributed by atoms with Crippen molar-refractivity contribution < 1.29 is 9.15 Å². The van der Waals surface area contributed by atoms with E-state index < -0.39 is 0 Å². The predicted molar refractivity (Wildman–Crippen MR) is 88.2 cm³/mol. The fourth-order valence-corrected chi connectivity index (χ4v) is 2.39. The first-order valence-corrected chi connectivity index (χ1v) is 7.61. The molecular weight excluding hydrogens is 367 g/mol. The minimum atomic E-state index is 0.757. The molecule has 1 fully saturated rings. The van der Waals surface area contributed by atoms with Crippen LogP contribution >= 0.6 is 22.6 Å². The van der Waals surface area contributed by atoms with Crippen LogP contribution in [0.25, 0.3) is 0 Å². The first-order valence-electron chi connectivity index (χ1n) is 6.53. The number of ether oxygens (including phenoxy) is 1. The topological polar surface area (TPSA) is 38.0 Å². The van der Waals surface area contributed by atoms with E-state index in [1.165, 1.54) is 3.57 Å². The molecule has 0 bridgehead atoms. The zero-order valence-corrected chi connectivity index (χ0v) is 13.1. The number of furan rings is 1. The van der Waals surface area contributed by atoms with Gasteiger partial charge in [0.15, 0.2) is 5.88 Å². The third-order valence-corrected chi connectivity index (χ3v) is 3.82. The van der Waals surface area contributed by atoms with Gasteiger partial charge in [-0.15, -0.1) is 0 Å². The fourth-order valence-electron chi connectivity index (χ4n) is 2.03.